The zero-order valence-corrected chi connectivity index (χ0v) is 15.8. The number of halogens is 2. The van der Waals surface area contributed by atoms with E-state index in [2.05, 4.69) is 20.9 Å². The van der Waals surface area contributed by atoms with Crippen LogP contribution >= 0.6 is 15.9 Å². The molecule has 1 fully saturated rings. The van der Waals surface area contributed by atoms with Crippen molar-refractivity contribution < 1.29 is 13.9 Å². The molecular formula is C20H21BrFNO2. The number of carbonyl (C=O) groups excluding carboxylic acids is 1. The molecule has 1 heterocycles. The monoisotopic (exact) mass is 405 g/mol. The van der Waals surface area contributed by atoms with Crippen LogP contribution in [0.5, 0.6) is 5.88 Å². The van der Waals surface area contributed by atoms with Crippen LogP contribution in [0.2, 0.25) is 0 Å². The summed E-state index contributed by atoms with van der Waals surface area (Å²) < 4.78 is 20.3. The molecule has 0 saturated heterocycles. The lowest BCUT2D eigenvalue weighted by Gasteiger charge is -2.24. The average Bonchev–Trinajstić information content (AvgIpc) is 3.14. The summed E-state index contributed by atoms with van der Waals surface area (Å²) in [6.07, 6.45) is 6.24. The first-order valence-corrected chi connectivity index (χ1v) is 9.36. The van der Waals surface area contributed by atoms with Gasteiger partial charge in [-0.05, 0) is 48.4 Å². The van der Waals surface area contributed by atoms with Gasteiger partial charge in [-0.3, -0.25) is 4.79 Å². The van der Waals surface area contributed by atoms with Crippen LogP contribution in [0.25, 0.3) is 0 Å². The fourth-order valence-corrected chi connectivity index (χ4v) is 4.01. The lowest BCUT2D eigenvalue weighted by molar-refractivity contribution is 0.0963. The normalized spacial score (nSPS) is 16.0. The highest BCUT2D eigenvalue weighted by atomic mass is 79.9. The first-order valence-electron chi connectivity index (χ1n) is 8.56. The van der Waals surface area contributed by atoms with E-state index in [1.54, 1.807) is 12.1 Å². The number of nitrogens with zero attached hydrogens (tertiary/aromatic N) is 1. The summed E-state index contributed by atoms with van der Waals surface area (Å²) in [5, 5.41) is 0. The summed E-state index contributed by atoms with van der Waals surface area (Å²) in [7, 11) is 1.54. The maximum atomic E-state index is 14.5. The van der Waals surface area contributed by atoms with Gasteiger partial charge in [0.15, 0.2) is 5.78 Å². The molecule has 3 nitrogen and oxygen atoms in total. The summed E-state index contributed by atoms with van der Waals surface area (Å²) in [5.74, 6) is 0.486. The van der Waals surface area contributed by atoms with Crippen LogP contribution in [0.3, 0.4) is 0 Å². The van der Waals surface area contributed by atoms with Gasteiger partial charge < -0.3 is 4.74 Å². The summed E-state index contributed by atoms with van der Waals surface area (Å²) in [6.45, 7) is 0. The van der Waals surface area contributed by atoms with E-state index in [1.165, 1.54) is 19.4 Å². The third-order valence-corrected chi connectivity index (χ3v) is 5.50. The van der Waals surface area contributed by atoms with Crippen molar-refractivity contribution in [3.8, 4) is 5.88 Å². The fraction of sp³-hybridized carbons (Fsp3) is 0.400. The molecule has 2 aromatic rings. The Morgan fingerprint density at radius 2 is 2.08 bits per heavy atom. The van der Waals surface area contributed by atoms with Crippen LogP contribution in [0.1, 0.15) is 53.9 Å². The van der Waals surface area contributed by atoms with E-state index in [0.717, 1.165) is 25.7 Å². The highest BCUT2D eigenvalue weighted by Crippen LogP contribution is 2.41. The van der Waals surface area contributed by atoms with Gasteiger partial charge in [0.1, 0.15) is 5.82 Å². The van der Waals surface area contributed by atoms with Crippen LogP contribution in [-0.4, -0.2) is 17.9 Å². The van der Waals surface area contributed by atoms with E-state index >= 15 is 0 Å². The Bertz CT molecular complexity index is 742. The van der Waals surface area contributed by atoms with Crippen molar-refractivity contribution in [1.82, 2.24) is 4.98 Å². The second-order valence-corrected chi connectivity index (χ2v) is 7.45. The molecule has 0 N–H and O–H groups in total. The van der Waals surface area contributed by atoms with Crippen molar-refractivity contribution in [2.75, 3.05) is 7.11 Å². The molecule has 1 unspecified atom stereocenters. The summed E-state index contributed by atoms with van der Waals surface area (Å²) in [4.78, 5) is 16.9. The maximum Gasteiger partial charge on any atom is 0.212 e. The molecule has 25 heavy (non-hydrogen) atoms. The topological polar surface area (TPSA) is 39.2 Å². The molecule has 0 aliphatic heterocycles. The molecule has 3 rings (SSSR count). The van der Waals surface area contributed by atoms with Gasteiger partial charge in [-0.1, -0.05) is 34.8 Å². The first-order chi connectivity index (χ1) is 12.1. The Morgan fingerprint density at radius 3 is 2.68 bits per heavy atom. The largest absolute Gasteiger partial charge is 0.481 e. The molecule has 1 saturated carbocycles. The predicted octanol–water partition coefficient (Wildman–Crippen LogP) is 5.54. The second-order valence-electron chi connectivity index (χ2n) is 6.53. The van der Waals surface area contributed by atoms with Crippen molar-refractivity contribution in [3.63, 3.8) is 0 Å². The first kappa shape index (κ1) is 18.1. The number of ketones is 1. The number of benzene rings is 1. The van der Waals surface area contributed by atoms with E-state index < -0.39 is 0 Å². The van der Waals surface area contributed by atoms with Gasteiger partial charge in [0.05, 0.1) is 7.11 Å². The number of hydrogen-bond donors (Lipinski definition) is 0. The zero-order valence-electron chi connectivity index (χ0n) is 14.2. The minimum Gasteiger partial charge on any atom is -0.481 e. The molecule has 132 valence electrons. The molecule has 5 heteroatoms. The number of carbonyl (C=O) groups is 1. The molecular weight excluding hydrogens is 385 g/mol. The number of pyridine rings is 1. The molecule has 1 aliphatic rings. The number of methoxy groups -OCH3 is 1. The second kappa shape index (κ2) is 8.09. The third-order valence-electron chi connectivity index (χ3n) is 5.00. The molecule has 0 amide bonds. The van der Waals surface area contributed by atoms with Crippen LogP contribution < -0.4 is 4.74 Å². The van der Waals surface area contributed by atoms with Crippen molar-refractivity contribution in [2.24, 2.45) is 5.92 Å². The number of ether oxygens (including phenoxy) is 1. The van der Waals surface area contributed by atoms with E-state index in [9.17, 15) is 9.18 Å². The van der Waals surface area contributed by atoms with Crippen LogP contribution in [0.15, 0.2) is 41.0 Å². The van der Waals surface area contributed by atoms with Crippen molar-refractivity contribution in [2.45, 2.75) is 38.0 Å². The summed E-state index contributed by atoms with van der Waals surface area (Å²) in [6, 6.07) is 8.54. The predicted molar refractivity (Wildman–Crippen MR) is 98.5 cm³/mol. The van der Waals surface area contributed by atoms with Gasteiger partial charge in [-0.2, -0.15) is 0 Å². The molecule has 0 bridgehead atoms. The SMILES string of the molecule is COc1ccc(C(=O)CC(c2ccc(Br)cc2F)C2CCCC2)cn1. The van der Waals surface area contributed by atoms with Gasteiger partial charge in [-0.15, -0.1) is 0 Å². The Hall–Kier alpha value is -1.75. The third kappa shape index (κ3) is 4.27. The molecule has 1 atom stereocenters. The van der Waals surface area contributed by atoms with Crippen LogP contribution in [0, 0.1) is 11.7 Å². The van der Waals surface area contributed by atoms with E-state index in [0.29, 0.717) is 33.8 Å². The Labute approximate surface area is 155 Å². The fourth-order valence-electron chi connectivity index (χ4n) is 3.68. The van der Waals surface area contributed by atoms with Gasteiger partial charge in [0.25, 0.3) is 0 Å². The zero-order chi connectivity index (χ0) is 17.8. The number of hydrogen-bond acceptors (Lipinski definition) is 3. The quantitative estimate of drug-likeness (QED) is 0.592. The standard InChI is InChI=1S/C20H21BrFNO2/c1-25-20-9-6-14(12-23-20)19(24)11-17(13-4-2-3-5-13)16-8-7-15(21)10-18(16)22/h6-10,12-13,17H,2-5,11H2,1H3. The molecule has 1 aliphatic carbocycles. The highest BCUT2D eigenvalue weighted by molar-refractivity contribution is 9.10. The van der Waals surface area contributed by atoms with Gasteiger partial charge in [0.2, 0.25) is 5.88 Å². The minimum absolute atomic E-state index is 0.00521. The Balaban J connectivity index is 1.85. The molecule has 0 radical (unpaired) electrons. The lowest BCUT2D eigenvalue weighted by Crippen LogP contribution is -2.16. The Morgan fingerprint density at radius 1 is 1.32 bits per heavy atom. The van der Waals surface area contributed by atoms with E-state index in [4.69, 9.17) is 4.74 Å². The van der Waals surface area contributed by atoms with Crippen molar-refractivity contribution in [1.29, 1.82) is 0 Å². The van der Waals surface area contributed by atoms with E-state index in [1.807, 2.05) is 12.1 Å². The van der Waals surface area contributed by atoms with Crippen LogP contribution in [0.4, 0.5) is 4.39 Å². The van der Waals surface area contributed by atoms with Gasteiger partial charge in [-0.25, -0.2) is 9.37 Å². The number of Topliss-reactive ketones (excluding diaryl/α,β-unsaturated/α-hetero) is 1. The van der Waals surface area contributed by atoms with Crippen LogP contribution in [-0.2, 0) is 0 Å². The van der Waals surface area contributed by atoms with Gasteiger partial charge in [0, 0.05) is 28.7 Å². The smallest absolute Gasteiger partial charge is 0.212 e. The molecule has 1 aromatic heterocycles. The highest BCUT2D eigenvalue weighted by Gasteiger charge is 2.30. The average molecular weight is 406 g/mol. The van der Waals surface area contributed by atoms with Crippen molar-refractivity contribution >= 4 is 21.7 Å². The van der Waals surface area contributed by atoms with E-state index in [-0.39, 0.29) is 17.5 Å². The van der Waals surface area contributed by atoms with Gasteiger partial charge >= 0.3 is 0 Å². The number of rotatable bonds is 6. The Kier molecular flexibility index (Phi) is 5.84. The summed E-state index contributed by atoms with van der Waals surface area (Å²) in [5.41, 5.74) is 1.19. The maximum absolute atomic E-state index is 14.5. The molecule has 0 spiro atoms. The lowest BCUT2D eigenvalue weighted by atomic mass is 9.80. The summed E-state index contributed by atoms with van der Waals surface area (Å²) >= 11 is 3.30. The molecule has 1 aromatic carbocycles. The van der Waals surface area contributed by atoms with Crippen molar-refractivity contribution in [3.05, 3.63) is 57.9 Å². The number of aromatic nitrogens is 1. The minimum atomic E-state index is -0.244.